The third-order valence-electron chi connectivity index (χ3n) is 2.56. The largest absolute Gasteiger partial charge is 0.481 e. The molecule has 0 aliphatic carbocycles. The molecular weight excluding hydrogens is 296 g/mol. The van der Waals surface area contributed by atoms with Crippen LogP contribution in [0.25, 0.3) is 0 Å². The lowest BCUT2D eigenvalue weighted by Crippen LogP contribution is -2.55. The van der Waals surface area contributed by atoms with Gasteiger partial charge < -0.3 is 26.0 Å². The van der Waals surface area contributed by atoms with E-state index in [2.05, 4.69) is 10.6 Å². The number of carbonyl (C=O) groups is 4. The highest BCUT2D eigenvalue weighted by Gasteiger charge is 2.29. The smallest absolute Gasteiger partial charge is 0.326 e. The van der Waals surface area contributed by atoms with Crippen molar-refractivity contribution in [3.63, 3.8) is 0 Å². The van der Waals surface area contributed by atoms with Crippen LogP contribution in [0.2, 0.25) is 0 Å². The molecule has 0 unspecified atom stereocenters. The Morgan fingerprint density at radius 1 is 0.955 bits per heavy atom. The number of aliphatic carboxylic acids is 3. The number of carboxylic acids is 3. The lowest BCUT2D eigenvalue weighted by atomic mass is 10.0. The molecule has 22 heavy (non-hydrogen) atoms. The van der Waals surface area contributed by atoms with Gasteiger partial charge >= 0.3 is 17.9 Å². The number of hydrogen-bond donors (Lipinski definition) is 5. The van der Waals surface area contributed by atoms with Crippen LogP contribution in [0, 0.1) is 0 Å². The lowest BCUT2D eigenvalue weighted by Gasteiger charge is -2.28. The van der Waals surface area contributed by atoms with Gasteiger partial charge in [-0.15, -0.1) is 0 Å². The van der Waals surface area contributed by atoms with Gasteiger partial charge in [-0.2, -0.15) is 0 Å². The molecular formula is C13H22N2O7. The van der Waals surface area contributed by atoms with Crippen LogP contribution in [0.4, 0.5) is 0 Å². The SMILES string of the molecule is CC(C)(C)N[C@@H](CCC(=O)O)C(=O)N[C@@H](CC(=O)O)C(=O)O. The summed E-state index contributed by atoms with van der Waals surface area (Å²) in [5.41, 5.74) is -0.508. The second-order valence-corrected chi connectivity index (χ2v) is 5.88. The number of amides is 1. The van der Waals surface area contributed by atoms with E-state index in [1.165, 1.54) is 0 Å². The molecule has 1 amide bonds. The first-order valence-corrected chi connectivity index (χ1v) is 6.67. The summed E-state index contributed by atoms with van der Waals surface area (Å²) in [6, 6.07) is -2.51. The van der Waals surface area contributed by atoms with E-state index in [9.17, 15) is 19.2 Å². The summed E-state index contributed by atoms with van der Waals surface area (Å²) in [5, 5.41) is 31.3. The van der Waals surface area contributed by atoms with Gasteiger partial charge in [-0.05, 0) is 27.2 Å². The first-order chi connectivity index (χ1) is 9.92. The molecule has 0 fully saturated rings. The fourth-order valence-corrected chi connectivity index (χ4v) is 1.71. The third kappa shape index (κ3) is 8.90. The van der Waals surface area contributed by atoms with Crippen molar-refractivity contribution in [2.24, 2.45) is 0 Å². The van der Waals surface area contributed by atoms with E-state index in [1.54, 1.807) is 20.8 Å². The molecule has 0 aliphatic heterocycles. The van der Waals surface area contributed by atoms with Crippen molar-refractivity contribution < 1.29 is 34.5 Å². The van der Waals surface area contributed by atoms with Crippen LogP contribution in [0.15, 0.2) is 0 Å². The van der Waals surface area contributed by atoms with Crippen LogP contribution in [0.3, 0.4) is 0 Å². The maximum atomic E-state index is 12.1. The minimum atomic E-state index is -1.57. The Balaban J connectivity index is 4.95. The predicted octanol–water partition coefficient (Wildman–Crippen LogP) is -0.348. The summed E-state index contributed by atoms with van der Waals surface area (Å²) in [4.78, 5) is 44.3. The number of carboxylic acid groups (broad SMARTS) is 3. The van der Waals surface area contributed by atoms with Crippen LogP contribution < -0.4 is 10.6 Å². The lowest BCUT2D eigenvalue weighted by molar-refractivity contribution is -0.147. The molecule has 0 aromatic heterocycles. The monoisotopic (exact) mass is 318 g/mol. The molecule has 2 atom stereocenters. The Morgan fingerprint density at radius 2 is 1.50 bits per heavy atom. The maximum absolute atomic E-state index is 12.1. The van der Waals surface area contributed by atoms with Gasteiger partial charge in [0.2, 0.25) is 5.91 Å². The van der Waals surface area contributed by atoms with Crippen molar-refractivity contribution in [3.05, 3.63) is 0 Å². The molecule has 126 valence electrons. The Kier molecular flexibility index (Phi) is 7.51. The molecule has 0 aromatic rings. The van der Waals surface area contributed by atoms with Gasteiger partial charge in [-0.25, -0.2) is 4.79 Å². The molecule has 0 saturated carbocycles. The van der Waals surface area contributed by atoms with Crippen LogP contribution in [-0.2, 0) is 19.2 Å². The molecule has 0 rings (SSSR count). The van der Waals surface area contributed by atoms with Crippen molar-refractivity contribution in [2.75, 3.05) is 0 Å². The molecule has 0 heterocycles. The minimum Gasteiger partial charge on any atom is -0.481 e. The van der Waals surface area contributed by atoms with Gasteiger partial charge in [0.1, 0.15) is 6.04 Å². The third-order valence-corrected chi connectivity index (χ3v) is 2.56. The summed E-state index contributed by atoms with van der Waals surface area (Å²) >= 11 is 0. The van der Waals surface area contributed by atoms with E-state index in [0.717, 1.165) is 0 Å². The first-order valence-electron chi connectivity index (χ1n) is 6.67. The van der Waals surface area contributed by atoms with Gasteiger partial charge in [0.25, 0.3) is 0 Å². The van der Waals surface area contributed by atoms with Crippen LogP contribution in [0.5, 0.6) is 0 Å². The standard InChI is InChI=1S/C13H22N2O7/c1-13(2,3)15-7(4-5-9(16)17)11(20)14-8(12(21)22)6-10(18)19/h7-8,15H,4-6H2,1-3H3,(H,14,20)(H,16,17)(H,18,19)(H,21,22)/t7-,8-/m0/s1. The Morgan fingerprint density at radius 3 is 1.86 bits per heavy atom. The Hall–Kier alpha value is -2.16. The Bertz CT molecular complexity index is 442. The summed E-state index contributed by atoms with van der Waals surface area (Å²) in [5.74, 6) is -4.67. The normalized spacial score (nSPS) is 14.0. The van der Waals surface area contributed by atoms with Crippen molar-refractivity contribution in [2.45, 2.75) is 57.7 Å². The highest BCUT2D eigenvalue weighted by Crippen LogP contribution is 2.07. The minimum absolute atomic E-state index is 0.0438. The number of carbonyl (C=O) groups excluding carboxylic acids is 1. The van der Waals surface area contributed by atoms with Crippen LogP contribution >= 0.6 is 0 Å². The predicted molar refractivity (Wildman–Crippen MR) is 75.4 cm³/mol. The summed E-state index contributed by atoms with van der Waals surface area (Å²) in [7, 11) is 0. The second kappa shape index (κ2) is 8.32. The molecule has 0 aromatic carbocycles. The van der Waals surface area contributed by atoms with Crippen molar-refractivity contribution in [1.82, 2.24) is 10.6 Å². The second-order valence-electron chi connectivity index (χ2n) is 5.88. The van der Waals surface area contributed by atoms with Crippen molar-refractivity contribution in [1.29, 1.82) is 0 Å². The highest BCUT2D eigenvalue weighted by molar-refractivity contribution is 5.89. The fourth-order valence-electron chi connectivity index (χ4n) is 1.71. The van der Waals surface area contributed by atoms with Crippen molar-refractivity contribution >= 4 is 23.8 Å². The van der Waals surface area contributed by atoms with Gasteiger partial charge in [-0.1, -0.05) is 0 Å². The van der Waals surface area contributed by atoms with Crippen LogP contribution in [0.1, 0.15) is 40.0 Å². The summed E-state index contributed by atoms with van der Waals surface area (Å²) in [6.07, 6.45) is -1.09. The molecule has 9 heteroatoms. The number of nitrogens with one attached hydrogen (secondary N) is 2. The van der Waals surface area contributed by atoms with E-state index in [-0.39, 0.29) is 12.8 Å². The molecule has 0 spiro atoms. The number of hydrogen-bond acceptors (Lipinski definition) is 5. The van der Waals surface area contributed by atoms with E-state index in [0.29, 0.717) is 0 Å². The molecule has 0 radical (unpaired) electrons. The zero-order chi connectivity index (χ0) is 17.5. The van der Waals surface area contributed by atoms with E-state index in [4.69, 9.17) is 15.3 Å². The topological polar surface area (TPSA) is 153 Å². The first kappa shape index (κ1) is 19.8. The molecule has 0 saturated heterocycles. The van der Waals surface area contributed by atoms with E-state index in [1.807, 2.05) is 0 Å². The summed E-state index contributed by atoms with van der Waals surface area (Å²) in [6.45, 7) is 5.29. The zero-order valence-electron chi connectivity index (χ0n) is 12.8. The molecule has 9 nitrogen and oxygen atoms in total. The summed E-state index contributed by atoms with van der Waals surface area (Å²) < 4.78 is 0. The van der Waals surface area contributed by atoms with Gasteiger partial charge in [0.05, 0.1) is 12.5 Å². The van der Waals surface area contributed by atoms with Crippen LogP contribution in [-0.4, -0.2) is 56.8 Å². The molecule has 0 bridgehead atoms. The molecule has 0 aliphatic rings. The van der Waals surface area contributed by atoms with Crippen molar-refractivity contribution in [3.8, 4) is 0 Å². The van der Waals surface area contributed by atoms with Gasteiger partial charge in [0, 0.05) is 12.0 Å². The van der Waals surface area contributed by atoms with Gasteiger partial charge in [0.15, 0.2) is 0 Å². The zero-order valence-corrected chi connectivity index (χ0v) is 12.8. The molecule has 5 N–H and O–H groups in total. The number of rotatable bonds is 9. The average molecular weight is 318 g/mol. The Labute approximate surface area is 127 Å². The van der Waals surface area contributed by atoms with E-state index >= 15 is 0 Å². The average Bonchev–Trinajstić information content (AvgIpc) is 2.31. The quantitative estimate of drug-likeness (QED) is 0.387. The fraction of sp³-hybridized carbons (Fsp3) is 0.692. The highest BCUT2D eigenvalue weighted by atomic mass is 16.4. The maximum Gasteiger partial charge on any atom is 0.326 e. The van der Waals surface area contributed by atoms with E-state index < -0.39 is 47.9 Å². The van der Waals surface area contributed by atoms with Gasteiger partial charge in [-0.3, -0.25) is 14.4 Å².